The molecule has 0 aliphatic heterocycles. The Morgan fingerprint density at radius 1 is 0.889 bits per heavy atom. The highest BCUT2D eigenvalue weighted by Crippen LogP contribution is 2.01. The molecule has 0 saturated carbocycles. The molecule has 0 heterocycles. The van der Waals surface area contributed by atoms with Crippen LogP contribution in [0.4, 0.5) is 0 Å². The smallest absolute Gasteiger partial charge is 0.129 e. The zero-order valence-electron chi connectivity index (χ0n) is 9.84. The molecule has 2 rings (SSSR count). The lowest BCUT2D eigenvalue weighted by Gasteiger charge is -2.02. The lowest BCUT2D eigenvalue weighted by molar-refractivity contribution is 1.23. The summed E-state index contributed by atoms with van der Waals surface area (Å²) in [6.07, 6.45) is 3.72. The molecule has 0 radical (unpaired) electrons. The van der Waals surface area contributed by atoms with E-state index in [1.54, 1.807) is 6.20 Å². The number of hydrogen-bond acceptors (Lipinski definition) is 1. The second-order valence-electron chi connectivity index (χ2n) is 3.63. The summed E-state index contributed by atoms with van der Waals surface area (Å²) in [4.78, 5) is 0. The zero-order valence-corrected chi connectivity index (χ0v) is 10.7. The molecule has 0 aromatic heterocycles. The maximum absolute atomic E-state index is 7.83. The Labute approximate surface area is 113 Å². The number of halogens is 1. The monoisotopic (exact) mass is 258 g/mol. The summed E-state index contributed by atoms with van der Waals surface area (Å²) in [6.45, 7) is 0. The SMILES string of the molecule is Cl.N=C(N/C=C/c1ccccc1)c1ccccc1. The van der Waals surface area contributed by atoms with Gasteiger partial charge in [-0.2, -0.15) is 0 Å². The molecule has 92 valence electrons. The molecule has 3 heteroatoms. The number of nitrogens with one attached hydrogen (secondary N) is 2. The van der Waals surface area contributed by atoms with Crippen molar-refractivity contribution in [2.75, 3.05) is 0 Å². The van der Waals surface area contributed by atoms with Crippen LogP contribution in [0.15, 0.2) is 66.9 Å². The second kappa shape index (κ2) is 7.30. The van der Waals surface area contributed by atoms with E-state index >= 15 is 0 Å². The van der Waals surface area contributed by atoms with Gasteiger partial charge in [-0.15, -0.1) is 12.4 Å². The van der Waals surface area contributed by atoms with E-state index in [9.17, 15) is 0 Å². The van der Waals surface area contributed by atoms with Gasteiger partial charge < -0.3 is 5.32 Å². The van der Waals surface area contributed by atoms with Crippen molar-refractivity contribution in [1.82, 2.24) is 5.32 Å². The minimum Gasteiger partial charge on any atom is -0.347 e. The van der Waals surface area contributed by atoms with Crippen molar-refractivity contribution in [2.24, 2.45) is 0 Å². The molecule has 0 atom stereocenters. The first kappa shape index (κ1) is 14.0. The van der Waals surface area contributed by atoms with Gasteiger partial charge in [-0.25, -0.2) is 0 Å². The predicted molar refractivity (Wildman–Crippen MR) is 79.1 cm³/mol. The minimum absolute atomic E-state index is 0. The van der Waals surface area contributed by atoms with Gasteiger partial charge in [0.1, 0.15) is 5.84 Å². The predicted octanol–water partition coefficient (Wildman–Crippen LogP) is 3.69. The van der Waals surface area contributed by atoms with Crippen LogP contribution >= 0.6 is 12.4 Å². The van der Waals surface area contributed by atoms with E-state index in [1.165, 1.54) is 0 Å². The van der Waals surface area contributed by atoms with Crippen molar-refractivity contribution in [3.63, 3.8) is 0 Å². The summed E-state index contributed by atoms with van der Waals surface area (Å²) in [5.41, 5.74) is 1.99. The van der Waals surface area contributed by atoms with Gasteiger partial charge in [0.15, 0.2) is 0 Å². The second-order valence-corrected chi connectivity index (χ2v) is 3.63. The maximum Gasteiger partial charge on any atom is 0.129 e. The highest BCUT2D eigenvalue weighted by molar-refractivity contribution is 5.97. The van der Waals surface area contributed by atoms with Gasteiger partial charge in [-0.3, -0.25) is 5.41 Å². The Balaban J connectivity index is 0.00000162. The quantitative estimate of drug-likeness (QED) is 0.639. The lowest BCUT2D eigenvalue weighted by atomic mass is 10.2. The normalized spacial score (nSPS) is 9.78. The average molecular weight is 259 g/mol. The van der Waals surface area contributed by atoms with Crippen molar-refractivity contribution in [3.05, 3.63) is 78.0 Å². The fraction of sp³-hybridized carbons (Fsp3) is 0. The molecule has 2 aromatic rings. The highest BCUT2D eigenvalue weighted by atomic mass is 35.5. The van der Waals surface area contributed by atoms with Crippen LogP contribution in [0, 0.1) is 5.41 Å². The van der Waals surface area contributed by atoms with Gasteiger partial charge in [0.25, 0.3) is 0 Å². The minimum atomic E-state index is 0. The maximum atomic E-state index is 7.83. The van der Waals surface area contributed by atoms with E-state index in [4.69, 9.17) is 5.41 Å². The fourth-order valence-electron chi connectivity index (χ4n) is 1.47. The van der Waals surface area contributed by atoms with Crippen molar-refractivity contribution in [2.45, 2.75) is 0 Å². The topological polar surface area (TPSA) is 35.9 Å². The first-order valence-electron chi connectivity index (χ1n) is 5.48. The third-order valence-electron chi connectivity index (χ3n) is 2.37. The Morgan fingerprint density at radius 3 is 2.06 bits per heavy atom. The van der Waals surface area contributed by atoms with Gasteiger partial charge >= 0.3 is 0 Å². The first-order chi connectivity index (χ1) is 8.36. The summed E-state index contributed by atoms with van der Waals surface area (Å²) >= 11 is 0. The van der Waals surface area contributed by atoms with E-state index in [-0.39, 0.29) is 12.4 Å². The van der Waals surface area contributed by atoms with E-state index in [2.05, 4.69) is 5.32 Å². The largest absolute Gasteiger partial charge is 0.347 e. The van der Waals surface area contributed by atoms with Gasteiger partial charge in [-0.05, 0) is 11.6 Å². The van der Waals surface area contributed by atoms with Gasteiger partial charge in [0.05, 0.1) is 0 Å². The third kappa shape index (κ3) is 4.07. The summed E-state index contributed by atoms with van der Waals surface area (Å²) < 4.78 is 0. The number of amidine groups is 1. The van der Waals surface area contributed by atoms with Crippen LogP contribution in [0.3, 0.4) is 0 Å². The Bertz CT molecular complexity index is 507. The van der Waals surface area contributed by atoms with E-state index in [1.807, 2.05) is 66.7 Å². The highest BCUT2D eigenvalue weighted by Gasteiger charge is 1.95. The van der Waals surface area contributed by atoms with E-state index in [0.717, 1.165) is 11.1 Å². The van der Waals surface area contributed by atoms with Crippen LogP contribution in [0.2, 0.25) is 0 Å². The van der Waals surface area contributed by atoms with Crippen LogP contribution in [-0.4, -0.2) is 5.84 Å². The van der Waals surface area contributed by atoms with Crippen LogP contribution in [0.25, 0.3) is 6.08 Å². The molecule has 0 bridgehead atoms. The van der Waals surface area contributed by atoms with E-state index in [0.29, 0.717) is 5.84 Å². The molecule has 0 fully saturated rings. The standard InChI is InChI=1S/C15H14N2.ClH/c16-15(14-9-5-2-6-10-14)17-12-11-13-7-3-1-4-8-13;/h1-12H,(H2,16,17);1H/b12-11+;. The third-order valence-corrected chi connectivity index (χ3v) is 2.37. The molecule has 2 nitrogen and oxygen atoms in total. The van der Waals surface area contributed by atoms with Gasteiger partial charge in [-0.1, -0.05) is 60.7 Å². The molecule has 0 unspecified atom stereocenters. The summed E-state index contributed by atoms with van der Waals surface area (Å²) in [6, 6.07) is 19.6. The Hall–Kier alpha value is -2.06. The van der Waals surface area contributed by atoms with Crippen LogP contribution in [0.5, 0.6) is 0 Å². The Kier molecular flexibility index (Phi) is 5.68. The zero-order chi connectivity index (χ0) is 11.9. The average Bonchev–Trinajstić information content (AvgIpc) is 2.41. The van der Waals surface area contributed by atoms with Crippen molar-refractivity contribution >= 4 is 24.3 Å². The molecule has 2 aromatic carbocycles. The van der Waals surface area contributed by atoms with E-state index < -0.39 is 0 Å². The molecule has 0 aliphatic rings. The van der Waals surface area contributed by atoms with Crippen molar-refractivity contribution < 1.29 is 0 Å². The van der Waals surface area contributed by atoms with Crippen LogP contribution < -0.4 is 5.32 Å². The number of benzene rings is 2. The Morgan fingerprint density at radius 2 is 1.44 bits per heavy atom. The lowest BCUT2D eigenvalue weighted by Crippen LogP contribution is -2.16. The first-order valence-corrected chi connectivity index (χ1v) is 5.48. The van der Waals surface area contributed by atoms with Gasteiger partial charge in [0, 0.05) is 11.8 Å². The summed E-state index contributed by atoms with van der Waals surface area (Å²) in [7, 11) is 0. The fourth-order valence-corrected chi connectivity index (χ4v) is 1.47. The molecule has 18 heavy (non-hydrogen) atoms. The number of rotatable bonds is 3. The molecule has 0 saturated heterocycles. The molecular formula is C15H15ClN2. The van der Waals surface area contributed by atoms with Crippen molar-refractivity contribution in [1.29, 1.82) is 5.41 Å². The van der Waals surface area contributed by atoms with Crippen molar-refractivity contribution in [3.8, 4) is 0 Å². The van der Waals surface area contributed by atoms with Crippen LogP contribution in [0.1, 0.15) is 11.1 Å². The molecule has 0 spiro atoms. The molecule has 0 amide bonds. The number of hydrogen-bond donors (Lipinski definition) is 2. The van der Waals surface area contributed by atoms with Gasteiger partial charge in [0.2, 0.25) is 0 Å². The van der Waals surface area contributed by atoms with Crippen LogP contribution in [-0.2, 0) is 0 Å². The molecule has 2 N–H and O–H groups in total. The summed E-state index contributed by atoms with van der Waals surface area (Å²) in [5.74, 6) is 0.401. The summed E-state index contributed by atoms with van der Waals surface area (Å²) in [5, 5.41) is 10.8. The molecule has 0 aliphatic carbocycles. The molecular weight excluding hydrogens is 244 g/mol.